The first-order chi connectivity index (χ1) is 13.0. The third kappa shape index (κ3) is 5.46. The number of ether oxygens (including phenoxy) is 3. The fraction of sp³-hybridized carbons (Fsp3) is 0.211. The molecule has 27 heavy (non-hydrogen) atoms. The second-order valence-electron chi connectivity index (χ2n) is 5.32. The Morgan fingerprint density at radius 1 is 1.00 bits per heavy atom. The largest absolute Gasteiger partial charge is 0.491 e. The minimum atomic E-state index is -0.644. The van der Waals surface area contributed by atoms with E-state index in [1.807, 2.05) is 0 Å². The van der Waals surface area contributed by atoms with Gasteiger partial charge >= 0.3 is 11.9 Å². The molecular weight excluding hydrogens is 374 g/mol. The Hall–Kier alpha value is -3.06. The maximum absolute atomic E-state index is 12.2. The number of anilines is 1. The second-order valence-corrected chi connectivity index (χ2v) is 5.73. The summed E-state index contributed by atoms with van der Waals surface area (Å²) in [6.45, 7) is 0.0832. The van der Waals surface area contributed by atoms with Crippen LogP contribution < -0.4 is 10.1 Å². The Balaban J connectivity index is 2.07. The molecule has 2 aromatic rings. The van der Waals surface area contributed by atoms with Gasteiger partial charge in [-0.25, -0.2) is 9.59 Å². The molecule has 2 rings (SSSR count). The van der Waals surface area contributed by atoms with Gasteiger partial charge in [0.2, 0.25) is 5.91 Å². The molecule has 0 aliphatic heterocycles. The molecule has 142 valence electrons. The van der Waals surface area contributed by atoms with Gasteiger partial charge in [0.05, 0.1) is 49.1 Å². The van der Waals surface area contributed by atoms with Crippen molar-refractivity contribution in [2.24, 2.45) is 0 Å². The molecule has 0 aliphatic rings. The van der Waals surface area contributed by atoms with E-state index in [4.69, 9.17) is 21.1 Å². The van der Waals surface area contributed by atoms with E-state index >= 15 is 0 Å². The molecule has 2 aromatic carbocycles. The molecule has 0 aliphatic carbocycles. The van der Waals surface area contributed by atoms with Gasteiger partial charge < -0.3 is 19.5 Å². The first-order valence-electron chi connectivity index (χ1n) is 7.94. The number of rotatable bonds is 7. The summed E-state index contributed by atoms with van der Waals surface area (Å²) >= 11 is 5.98. The highest BCUT2D eigenvalue weighted by atomic mass is 35.5. The number of methoxy groups -OCH3 is 2. The molecule has 0 heterocycles. The zero-order chi connectivity index (χ0) is 19.8. The minimum Gasteiger partial charge on any atom is -0.491 e. The molecule has 0 radical (unpaired) electrons. The number of benzene rings is 2. The van der Waals surface area contributed by atoms with Crippen molar-refractivity contribution in [2.75, 3.05) is 26.1 Å². The van der Waals surface area contributed by atoms with Crippen LogP contribution in [0.25, 0.3) is 0 Å². The molecule has 0 aromatic heterocycles. The van der Waals surface area contributed by atoms with E-state index in [9.17, 15) is 14.4 Å². The number of amides is 1. The van der Waals surface area contributed by atoms with Crippen LogP contribution >= 0.6 is 11.6 Å². The summed E-state index contributed by atoms with van der Waals surface area (Å²) < 4.78 is 14.8. The average molecular weight is 392 g/mol. The van der Waals surface area contributed by atoms with Crippen molar-refractivity contribution in [1.82, 2.24) is 0 Å². The number of hydrogen-bond donors (Lipinski definition) is 1. The fourth-order valence-corrected chi connectivity index (χ4v) is 2.40. The van der Waals surface area contributed by atoms with E-state index in [2.05, 4.69) is 10.1 Å². The van der Waals surface area contributed by atoms with Crippen molar-refractivity contribution in [3.05, 3.63) is 58.6 Å². The predicted molar refractivity (Wildman–Crippen MR) is 99.3 cm³/mol. The van der Waals surface area contributed by atoms with Gasteiger partial charge in [-0.05, 0) is 30.3 Å². The van der Waals surface area contributed by atoms with Gasteiger partial charge in [-0.2, -0.15) is 0 Å². The normalized spacial score (nSPS) is 10.0. The van der Waals surface area contributed by atoms with Crippen LogP contribution in [0.15, 0.2) is 42.5 Å². The van der Waals surface area contributed by atoms with Gasteiger partial charge in [0.15, 0.2) is 0 Å². The molecule has 1 amide bonds. The fourth-order valence-electron chi connectivity index (χ4n) is 2.21. The quantitative estimate of drug-likeness (QED) is 0.728. The van der Waals surface area contributed by atoms with Crippen LogP contribution in [0.3, 0.4) is 0 Å². The Morgan fingerprint density at radius 3 is 2.37 bits per heavy atom. The van der Waals surface area contributed by atoms with Crippen molar-refractivity contribution in [1.29, 1.82) is 0 Å². The average Bonchev–Trinajstić information content (AvgIpc) is 2.68. The number of hydrogen-bond acceptors (Lipinski definition) is 6. The zero-order valence-corrected chi connectivity index (χ0v) is 15.5. The smallest absolute Gasteiger partial charge is 0.339 e. The van der Waals surface area contributed by atoms with Crippen molar-refractivity contribution < 1.29 is 28.6 Å². The van der Waals surface area contributed by atoms with Gasteiger partial charge in [-0.3, -0.25) is 4.79 Å². The lowest BCUT2D eigenvalue weighted by Crippen LogP contribution is -2.18. The molecule has 0 spiro atoms. The third-order valence-corrected chi connectivity index (χ3v) is 3.86. The number of carbonyl (C=O) groups is 3. The first-order valence-corrected chi connectivity index (χ1v) is 8.32. The molecule has 0 bridgehead atoms. The van der Waals surface area contributed by atoms with Crippen LogP contribution in [0, 0.1) is 0 Å². The number of para-hydroxylation sites is 1. The van der Waals surface area contributed by atoms with Crippen molar-refractivity contribution in [3.63, 3.8) is 0 Å². The Kier molecular flexibility index (Phi) is 7.19. The molecule has 8 heteroatoms. The molecule has 0 atom stereocenters. The lowest BCUT2D eigenvalue weighted by atomic mass is 10.1. The minimum absolute atomic E-state index is 0.00822. The summed E-state index contributed by atoms with van der Waals surface area (Å²) in [5, 5.41) is 3.03. The highest BCUT2D eigenvalue weighted by Gasteiger charge is 2.17. The summed E-state index contributed by atoms with van der Waals surface area (Å²) in [5.74, 6) is -1.18. The van der Waals surface area contributed by atoms with Crippen LogP contribution in [0.5, 0.6) is 5.75 Å². The summed E-state index contributed by atoms with van der Waals surface area (Å²) in [7, 11) is 2.46. The van der Waals surface area contributed by atoms with Crippen LogP contribution in [-0.2, 0) is 14.3 Å². The van der Waals surface area contributed by atoms with Gasteiger partial charge in [0.1, 0.15) is 5.75 Å². The summed E-state index contributed by atoms with van der Waals surface area (Å²) in [6, 6.07) is 11.0. The summed E-state index contributed by atoms with van der Waals surface area (Å²) in [6.07, 6.45) is 0.00822. The van der Waals surface area contributed by atoms with Gasteiger partial charge in [-0.1, -0.05) is 23.7 Å². The molecule has 0 saturated carbocycles. The maximum Gasteiger partial charge on any atom is 0.339 e. The van der Waals surface area contributed by atoms with Gasteiger partial charge in [-0.15, -0.1) is 0 Å². The van der Waals surface area contributed by atoms with E-state index in [1.165, 1.54) is 32.4 Å². The van der Waals surface area contributed by atoms with Gasteiger partial charge in [0.25, 0.3) is 0 Å². The Morgan fingerprint density at radius 2 is 1.70 bits per heavy atom. The van der Waals surface area contributed by atoms with Crippen LogP contribution in [0.1, 0.15) is 27.1 Å². The van der Waals surface area contributed by atoms with E-state index in [-0.39, 0.29) is 29.8 Å². The molecule has 7 nitrogen and oxygen atoms in total. The molecule has 0 unspecified atom stereocenters. The third-order valence-electron chi connectivity index (χ3n) is 3.54. The van der Waals surface area contributed by atoms with Gasteiger partial charge in [0, 0.05) is 0 Å². The lowest BCUT2D eigenvalue weighted by molar-refractivity contribution is -0.116. The maximum atomic E-state index is 12.2. The van der Waals surface area contributed by atoms with Crippen LogP contribution in [0.4, 0.5) is 5.69 Å². The van der Waals surface area contributed by atoms with Crippen molar-refractivity contribution in [2.45, 2.75) is 6.42 Å². The molecular formula is C19H18ClNO6. The molecule has 0 saturated heterocycles. The van der Waals surface area contributed by atoms with Crippen LogP contribution in [-0.4, -0.2) is 38.7 Å². The standard InChI is InChI=1S/C19H18ClNO6/c1-25-18(23)12-7-8-13(19(24)26-2)15(11-12)21-17(22)9-10-27-16-6-4-3-5-14(16)20/h3-8,11H,9-10H2,1-2H3,(H,21,22). The highest BCUT2D eigenvalue weighted by molar-refractivity contribution is 6.32. The first kappa shape index (κ1) is 20.3. The predicted octanol–water partition coefficient (Wildman–Crippen LogP) is 3.32. The summed E-state index contributed by atoms with van der Waals surface area (Å²) in [5.41, 5.74) is 0.450. The molecule has 0 fully saturated rings. The Bertz CT molecular complexity index is 852. The topological polar surface area (TPSA) is 90.9 Å². The number of carbonyl (C=O) groups excluding carboxylic acids is 3. The summed E-state index contributed by atoms with van der Waals surface area (Å²) in [4.78, 5) is 35.8. The monoisotopic (exact) mass is 391 g/mol. The lowest BCUT2D eigenvalue weighted by Gasteiger charge is -2.12. The highest BCUT2D eigenvalue weighted by Crippen LogP contribution is 2.23. The van der Waals surface area contributed by atoms with Crippen molar-refractivity contribution in [3.8, 4) is 5.75 Å². The number of nitrogens with one attached hydrogen (secondary N) is 1. The van der Waals surface area contributed by atoms with E-state index in [1.54, 1.807) is 24.3 Å². The van der Waals surface area contributed by atoms with Crippen molar-refractivity contribution >= 4 is 35.1 Å². The number of esters is 2. The number of halogens is 1. The Labute approximate surface area is 161 Å². The van der Waals surface area contributed by atoms with Crippen LogP contribution in [0.2, 0.25) is 5.02 Å². The van der Waals surface area contributed by atoms with E-state index < -0.39 is 17.8 Å². The van der Waals surface area contributed by atoms with E-state index in [0.717, 1.165) is 0 Å². The SMILES string of the molecule is COC(=O)c1ccc(C(=O)OC)c(NC(=O)CCOc2ccccc2Cl)c1. The van der Waals surface area contributed by atoms with E-state index in [0.29, 0.717) is 10.8 Å². The molecule has 1 N–H and O–H groups in total. The second kappa shape index (κ2) is 9.59. The zero-order valence-electron chi connectivity index (χ0n) is 14.8.